The first kappa shape index (κ1) is 17.1. The van der Waals surface area contributed by atoms with Crippen LogP contribution in [0.2, 0.25) is 0 Å². The Hall–Kier alpha value is -2.74. The summed E-state index contributed by atoms with van der Waals surface area (Å²) >= 11 is 1.38. The van der Waals surface area contributed by atoms with Crippen molar-refractivity contribution in [1.82, 2.24) is 0 Å². The van der Waals surface area contributed by atoms with E-state index in [1.807, 2.05) is 18.2 Å². The molecule has 0 spiro atoms. The van der Waals surface area contributed by atoms with Gasteiger partial charge in [-0.2, -0.15) is 0 Å². The topological polar surface area (TPSA) is 90.7 Å². The molecule has 1 aliphatic rings. The monoisotopic (exact) mass is 360 g/mol. The number of thioether (sulfide) groups is 1. The lowest BCUT2D eigenvalue weighted by Crippen LogP contribution is -2.13. The molecule has 0 saturated carbocycles. The van der Waals surface area contributed by atoms with Crippen LogP contribution >= 0.6 is 11.8 Å². The van der Waals surface area contributed by atoms with E-state index in [1.165, 1.54) is 36.0 Å². The summed E-state index contributed by atoms with van der Waals surface area (Å²) in [4.78, 5) is 23.1. The molecule has 0 radical (unpaired) electrons. The molecule has 0 saturated heterocycles. The number of amides is 1. The SMILES string of the molecule is O=C(CSc1ccc2c(c1)OCCCO2)Nc1ccc([N+](=O)[O-])cc1. The number of nitro groups is 1. The van der Waals surface area contributed by atoms with Gasteiger partial charge in [-0.1, -0.05) is 0 Å². The van der Waals surface area contributed by atoms with Gasteiger partial charge in [0, 0.05) is 29.1 Å². The predicted octanol–water partition coefficient (Wildman–Crippen LogP) is 3.49. The summed E-state index contributed by atoms with van der Waals surface area (Å²) in [5, 5.41) is 13.3. The van der Waals surface area contributed by atoms with Gasteiger partial charge in [0.05, 0.1) is 23.9 Å². The van der Waals surface area contributed by atoms with Gasteiger partial charge in [-0.05, 0) is 30.3 Å². The van der Waals surface area contributed by atoms with E-state index in [2.05, 4.69) is 5.32 Å². The highest BCUT2D eigenvalue weighted by Gasteiger charge is 2.12. The van der Waals surface area contributed by atoms with Crippen molar-refractivity contribution in [2.45, 2.75) is 11.3 Å². The number of benzene rings is 2. The minimum Gasteiger partial charge on any atom is -0.490 e. The molecule has 3 rings (SSSR count). The first-order valence-corrected chi connectivity index (χ1v) is 8.67. The Morgan fingerprint density at radius 3 is 2.56 bits per heavy atom. The van der Waals surface area contributed by atoms with Crippen molar-refractivity contribution in [2.75, 3.05) is 24.3 Å². The Labute approximate surface area is 148 Å². The summed E-state index contributed by atoms with van der Waals surface area (Å²) in [6.45, 7) is 1.25. The number of nitrogens with zero attached hydrogens (tertiary/aromatic N) is 1. The van der Waals surface area contributed by atoms with E-state index >= 15 is 0 Å². The molecule has 0 bridgehead atoms. The Kier molecular flexibility index (Phi) is 5.39. The number of fused-ring (bicyclic) bond motifs is 1. The fraction of sp³-hybridized carbons (Fsp3) is 0.235. The number of hydrogen-bond acceptors (Lipinski definition) is 6. The number of carbonyl (C=O) groups is 1. The Morgan fingerprint density at radius 2 is 1.84 bits per heavy atom. The summed E-state index contributed by atoms with van der Waals surface area (Å²) < 4.78 is 11.2. The van der Waals surface area contributed by atoms with E-state index in [0.29, 0.717) is 24.7 Å². The molecule has 0 atom stereocenters. The summed E-state index contributed by atoms with van der Waals surface area (Å²) in [5.74, 6) is 1.44. The van der Waals surface area contributed by atoms with Crippen molar-refractivity contribution in [3.05, 3.63) is 52.6 Å². The average molecular weight is 360 g/mol. The summed E-state index contributed by atoms with van der Waals surface area (Å²) in [6, 6.07) is 11.3. The summed E-state index contributed by atoms with van der Waals surface area (Å²) in [7, 11) is 0. The third kappa shape index (κ3) is 4.63. The van der Waals surface area contributed by atoms with Crippen molar-refractivity contribution in [2.24, 2.45) is 0 Å². The second kappa shape index (κ2) is 7.89. The van der Waals surface area contributed by atoms with Crippen molar-refractivity contribution in [3.8, 4) is 11.5 Å². The van der Waals surface area contributed by atoms with Gasteiger partial charge in [-0.15, -0.1) is 11.8 Å². The third-order valence-electron chi connectivity index (χ3n) is 3.45. The molecule has 130 valence electrons. The zero-order chi connectivity index (χ0) is 17.6. The minimum absolute atomic E-state index is 0.0143. The predicted molar refractivity (Wildman–Crippen MR) is 94.5 cm³/mol. The lowest BCUT2D eigenvalue weighted by Gasteiger charge is -2.09. The Bertz CT molecular complexity index is 779. The molecular formula is C17H16N2O5S. The number of hydrogen-bond donors (Lipinski definition) is 1. The highest BCUT2D eigenvalue weighted by atomic mass is 32.2. The fourth-order valence-corrected chi connectivity index (χ4v) is 2.97. The van der Waals surface area contributed by atoms with Crippen molar-refractivity contribution in [1.29, 1.82) is 0 Å². The van der Waals surface area contributed by atoms with Crippen LogP contribution in [0.4, 0.5) is 11.4 Å². The molecule has 25 heavy (non-hydrogen) atoms. The van der Waals surface area contributed by atoms with Gasteiger partial charge in [-0.3, -0.25) is 14.9 Å². The number of rotatable bonds is 5. The number of non-ortho nitro benzene ring substituents is 1. The second-order valence-electron chi connectivity index (χ2n) is 5.30. The maximum absolute atomic E-state index is 12.0. The molecule has 1 amide bonds. The zero-order valence-corrected chi connectivity index (χ0v) is 14.1. The average Bonchev–Trinajstić information content (AvgIpc) is 2.85. The van der Waals surface area contributed by atoms with Gasteiger partial charge in [0.1, 0.15) is 0 Å². The van der Waals surface area contributed by atoms with E-state index in [-0.39, 0.29) is 17.3 Å². The lowest BCUT2D eigenvalue weighted by molar-refractivity contribution is -0.384. The standard InChI is InChI=1S/C17H16N2O5S/c20-17(18-12-2-4-13(5-3-12)19(21)22)11-25-14-6-7-15-16(10-14)24-9-1-8-23-15/h2-7,10H,1,8-9,11H2,(H,18,20). The van der Waals surface area contributed by atoms with Gasteiger partial charge in [0.15, 0.2) is 11.5 Å². The zero-order valence-electron chi connectivity index (χ0n) is 13.3. The van der Waals surface area contributed by atoms with Gasteiger partial charge >= 0.3 is 0 Å². The van der Waals surface area contributed by atoms with Crippen LogP contribution in [0.15, 0.2) is 47.4 Å². The number of ether oxygens (including phenoxy) is 2. The molecule has 0 fully saturated rings. The quantitative estimate of drug-likeness (QED) is 0.499. The number of anilines is 1. The summed E-state index contributed by atoms with van der Waals surface area (Å²) in [5.41, 5.74) is 0.509. The van der Waals surface area contributed by atoms with Crippen LogP contribution < -0.4 is 14.8 Å². The van der Waals surface area contributed by atoms with Gasteiger partial charge < -0.3 is 14.8 Å². The molecule has 1 N–H and O–H groups in total. The van der Waals surface area contributed by atoms with Crippen molar-refractivity contribution < 1.29 is 19.2 Å². The Morgan fingerprint density at radius 1 is 1.12 bits per heavy atom. The number of nitrogens with one attached hydrogen (secondary N) is 1. The third-order valence-corrected chi connectivity index (χ3v) is 4.44. The number of nitro benzene ring substituents is 1. The maximum atomic E-state index is 12.0. The molecule has 0 unspecified atom stereocenters. The van der Waals surface area contributed by atoms with Crippen LogP contribution in [0, 0.1) is 10.1 Å². The Balaban J connectivity index is 1.55. The number of carbonyl (C=O) groups excluding carboxylic acids is 1. The smallest absolute Gasteiger partial charge is 0.269 e. The highest BCUT2D eigenvalue weighted by molar-refractivity contribution is 8.00. The molecule has 1 heterocycles. The first-order valence-electron chi connectivity index (χ1n) is 7.68. The molecule has 8 heteroatoms. The van der Waals surface area contributed by atoms with E-state index in [4.69, 9.17) is 9.47 Å². The minimum atomic E-state index is -0.481. The van der Waals surface area contributed by atoms with E-state index in [1.54, 1.807) is 0 Å². The van der Waals surface area contributed by atoms with E-state index in [0.717, 1.165) is 17.1 Å². The molecular weight excluding hydrogens is 344 g/mol. The van der Waals surface area contributed by atoms with E-state index in [9.17, 15) is 14.9 Å². The van der Waals surface area contributed by atoms with Crippen LogP contribution in [-0.4, -0.2) is 29.8 Å². The maximum Gasteiger partial charge on any atom is 0.269 e. The van der Waals surface area contributed by atoms with Crippen LogP contribution in [0.25, 0.3) is 0 Å². The van der Waals surface area contributed by atoms with Gasteiger partial charge in [0.25, 0.3) is 5.69 Å². The fourth-order valence-electron chi connectivity index (χ4n) is 2.25. The first-order chi connectivity index (χ1) is 12.1. The van der Waals surface area contributed by atoms with Crippen molar-refractivity contribution in [3.63, 3.8) is 0 Å². The van der Waals surface area contributed by atoms with Crippen molar-refractivity contribution >= 4 is 29.0 Å². The normalized spacial score (nSPS) is 13.0. The molecule has 1 aliphatic heterocycles. The molecule has 2 aromatic rings. The molecule has 0 aliphatic carbocycles. The van der Waals surface area contributed by atoms with Gasteiger partial charge in [0.2, 0.25) is 5.91 Å². The molecule has 7 nitrogen and oxygen atoms in total. The molecule has 2 aromatic carbocycles. The largest absolute Gasteiger partial charge is 0.490 e. The van der Waals surface area contributed by atoms with Crippen LogP contribution in [-0.2, 0) is 4.79 Å². The van der Waals surface area contributed by atoms with Crippen LogP contribution in [0.5, 0.6) is 11.5 Å². The van der Waals surface area contributed by atoms with E-state index < -0.39 is 4.92 Å². The highest BCUT2D eigenvalue weighted by Crippen LogP contribution is 2.33. The second-order valence-corrected chi connectivity index (χ2v) is 6.35. The lowest BCUT2D eigenvalue weighted by atomic mass is 10.3. The molecule has 0 aromatic heterocycles. The van der Waals surface area contributed by atoms with Crippen LogP contribution in [0.1, 0.15) is 6.42 Å². The van der Waals surface area contributed by atoms with Crippen LogP contribution in [0.3, 0.4) is 0 Å². The summed E-state index contributed by atoms with van der Waals surface area (Å²) in [6.07, 6.45) is 0.842. The van der Waals surface area contributed by atoms with Gasteiger partial charge in [-0.25, -0.2) is 0 Å².